The van der Waals surface area contributed by atoms with Gasteiger partial charge in [0.2, 0.25) is 0 Å². The molecule has 0 spiro atoms. The summed E-state index contributed by atoms with van der Waals surface area (Å²) in [5, 5.41) is 14.0. The van der Waals surface area contributed by atoms with Gasteiger partial charge in [-0.3, -0.25) is 19.4 Å². The Hall–Kier alpha value is -3.76. The van der Waals surface area contributed by atoms with Crippen LogP contribution in [-0.2, 0) is 6.54 Å². The van der Waals surface area contributed by atoms with Gasteiger partial charge in [-0.2, -0.15) is 0 Å². The number of imidazole rings is 1. The van der Waals surface area contributed by atoms with Crippen molar-refractivity contribution < 1.29 is 9.72 Å². The minimum Gasteiger partial charge on any atom is -0.322 e. The topological polar surface area (TPSA) is 96.0 Å². The molecule has 9 nitrogen and oxygen atoms in total. The summed E-state index contributed by atoms with van der Waals surface area (Å²) >= 11 is 1.62. The van der Waals surface area contributed by atoms with Gasteiger partial charge >= 0.3 is 6.03 Å². The Bertz CT molecular complexity index is 1370. The lowest BCUT2D eigenvalue weighted by molar-refractivity contribution is -0.384. The number of thiazole rings is 1. The molecule has 1 fully saturated rings. The zero-order chi connectivity index (χ0) is 24.5. The largest absolute Gasteiger partial charge is 0.322 e. The van der Waals surface area contributed by atoms with Gasteiger partial charge in [-0.05, 0) is 38.1 Å². The number of anilines is 1. The molecule has 2 aromatic heterocycles. The van der Waals surface area contributed by atoms with Crippen molar-refractivity contribution in [3.63, 3.8) is 0 Å². The molecule has 1 N–H and O–H groups in total. The molecule has 0 bridgehead atoms. The van der Waals surface area contributed by atoms with Gasteiger partial charge in [0.1, 0.15) is 0 Å². The maximum absolute atomic E-state index is 12.7. The third kappa shape index (κ3) is 4.89. The lowest BCUT2D eigenvalue weighted by Crippen LogP contribution is -2.49. The fraction of sp³-hybridized carbons (Fsp3) is 0.280. The van der Waals surface area contributed by atoms with Crippen molar-refractivity contribution >= 4 is 33.7 Å². The van der Waals surface area contributed by atoms with Gasteiger partial charge in [-0.15, -0.1) is 11.3 Å². The first-order chi connectivity index (χ1) is 16.9. The number of nitro groups is 1. The highest BCUT2D eigenvalue weighted by Gasteiger charge is 2.24. The van der Waals surface area contributed by atoms with E-state index in [9.17, 15) is 14.9 Å². The van der Waals surface area contributed by atoms with Crippen LogP contribution in [0.3, 0.4) is 0 Å². The second-order valence-corrected chi connectivity index (χ2v) is 9.98. The van der Waals surface area contributed by atoms with Crippen LogP contribution in [0, 0.1) is 24.0 Å². The Kier molecular flexibility index (Phi) is 6.23. The number of nitro benzene ring substituents is 1. The number of aryl methyl sites for hydroxylation is 2. The van der Waals surface area contributed by atoms with E-state index < -0.39 is 4.92 Å². The maximum Gasteiger partial charge on any atom is 0.321 e. The minimum absolute atomic E-state index is 0.0622. The van der Waals surface area contributed by atoms with Crippen LogP contribution in [0.25, 0.3) is 16.2 Å². The van der Waals surface area contributed by atoms with E-state index >= 15 is 0 Å². The predicted octanol–water partition coefficient (Wildman–Crippen LogP) is 4.94. The molecule has 5 rings (SSSR count). The third-order valence-corrected chi connectivity index (χ3v) is 7.13. The second-order valence-electron chi connectivity index (χ2n) is 8.76. The Labute approximate surface area is 206 Å². The van der Waals surface area contributed by atoms with E-state index in [4.69, 9.17) is 4.98 Å². The Morgan fingerprint density at radius 3 is 2.40 bits per heavy atom. The number of nitrogens with one attached hydrogen (secondary N) is 1. The zero-order valence-corrected chi connectivity index (χ0v) is 20.4. The lowest BCUT2D eigenvalue weighted by atomic mass is 10.1. The number of hydrogen-bond acceptors (Lipinski definition) is 6. The molecule has 0 atom stereocenters. The standard InChI is InChI=1S/C25H26N6O3S/c1-17-3-7-20(8-4-17)26-24(32)29-13-11-28(12-14-29)16-22-23(27-25-30(22)15-18(2)35-25)19-5-9-21(10-6-19)31(33)34/h3-10,15H,11-14,16H2,1-2H3,(H,26,32). The normalized spacial score (nSPS) is 14.4. The molecule has 3 heterocycles. The molecule has 35 heavy (non-hydrogen) atoms. The van der Waals surface area contributed by atoms with Crippen LogP contribution in [0.5, 0.6) is 0 Å². The smallest absolute Gasteiger partial charge is 0.321 e. The highest BCUT2D eigenvalue weighted by Crippen LogP contribution is 2.30. The molecular formula is C25H26N6O3S. The summed E-state index contributed by atoms with van der Waals surface area (Å²) < 4.78 is 2.12. The summed E-state index contributed by atoms with van der Waals surface area (Å²) in [5.74, 6) is 0. The molecule has 1 aliphatic heterocycles. The van der Waals surface area contributed by atoms with E-state index in [1.807, 2.05) is 36.1 Å². The maximum atomic E-state index is 12.7. The summed E-state index contributed by atoms with van der Waals surface area (Å²) in [6, 6.07) is 14.3. The van der Waals surface area contributed by atoms with Gasteiger partial charge < -0.3 is 10.2 Å². The van der Waals surface area contributed by atoms with Crippen LogP contribution in [-0.4, -0.2) is 56.3 Å². The minimum atomic E-state index is -0.395. The van der Waals surface area contributed by atoms with Crippen molar-refractivity contribution in [2.45, 2.75) is 20.4 Å². The van der Waals surface area contributed by atoms with Gasteiger partial charge in [0.25, 0.3) is 5.69 Å². The number of hydrogen-bond donors (Lipinski definition) is 1. The van der Waals surface area contributed by atoms with Crippen molar-refractivity contribution in [1.82, 2.24) is 19.2 Å². The van der Waals surface area contributed by atoms with Crippen molar-refractivity contribution in [2.75, 3.05) is 31.5 Å². The van der Waals surface area contributed by atoms with E-state index in [0.29, 0.717) is 19.6 Å². The van der Waals surface area contributed by atoms with Crippen LogP contribution in [0.4, 0.5) is 16.2 Å². The predicted molar refractivity (Wildman–Crippen MR) is 137 cm³/mol. The average molecular weight is 491 g/mol. The number of fused-ring (bicyclic) bond motifs is 1. The van der Waals surface area contributed by atoms with E-state index in [1.165, 1.54) is 17.0 Å². The molecule has 2 aromatic carbocycles. The van der Waals surface area contributed by atoms with E-state index in [1.54, 1.807) is 23.5 Å². The average Bonchev–Trinajstić information content (AvgIpc) is 3.37. The van der Waals surface area contributed by atoms with E-state index in [2.05, 4.69) is 27.7 Å². The number of piperazine rings is 1. The first-order valence-corrected chi connectivity index (χ1v) is 12.3. The van der Waals surface area contributed by atoms with Crippen molar-refractivity contribution in [1.29, 1.82) is 0 Å². The van der Waals surface area contributed by atoms with Crippen molar-refractivity contribution in [2.24, 2.45) is 0 Å². The van der Waals surface area contributed by atoms with Crippen LogP contribution in [0.15, 0.2) is 54.7 Å². The fourth-order valence-corrected chi connectivity index (χ4v) is 5.13. The number of rotatable bonds is 5. The summed E-state index contributed by atoms with van der Waals surface area (Å²) in [6.45, 7) is 7.51. The highest BCUT2D eigenvalue weighted by atomic mass is 32.1. The van der Waals surface area contributed by atoms with Gasteiger partial charge in [0.05, 0.1) is 16.3 Å². The van der Waals surface area contributed by atoms with Crippen LogP contribution in [0.1, 0.15) is 16.1 Å². The van der Waals surface area contributed by atoms with Gasteiger partial charge in [-0.25, -0.2) is 9.78 Å². The fourth-order valence-electron chi connectivity index (χ4n) is 4.28. The number of nitrogens with zero attached hydrogens (tertiary/aromatic N) is 5. The first-order valence-electron chi connectivity index (χ1n) is 11.4. The monoisotopic (exact) mass is 490 g/mol. The number of urea groups is 1. The van der Waals surface area contributed by atoms with Crippen LogP contribution < -0.4 is 5.32 Å². The lowest BCUT2D eigenvalue weighted by Gasteiger charge is -2.34. The number of amides is 2. The number of non-ortho nitro benzene ring substituents is 1. The first kappa shape index (κ1) is 23.0. The molecule has 1 saturated heterocycles. The van der Waals surface area contributed by atoms with Gasteiger partial charge in [-0.1, -0.05) is 17.7 Å². The van der Waals surface area contributed by atoms with Crippen LogP contribution >= 0.6 is 11.3 Å². The number of aromatic nitrogens is 2. The zero-order valence-electron chi connectivity index (χ0n) is 19.6. The quantitative estimate of drug-likeness (QED) is 0.316. The number of benzene rings is 2. The second kappa shape index (κ2) is 9.47. The van der Waals surface area contributed by atoms with E-state index in [0.717, 1.165) is 46.3 Å². The Morgan fingerprint density at radius 1 is 1.06 bits per heavy atom. The molecule has 0 aliphatic carbocycles. The van der Waals surface area contributed by atoms with Crippen molar-refractivity contribution in [3.05, 3.63) is 81.0 Å². The van der Waals surface area contributed by atoms with Crippen molar-refractivity contribution in [3.8, 4) is 11.3 Å². The molecule has 180 valence electrons. The Morgan fingerprint density at radius 2 is 1.74 bits per heavy atom. The molecule has 10 heteroatoms. The molecule has 0 unspecified atom stereocenters. The van der Waals surface area contributed by atoms with Gasteiger partial charge in [0, 0.05) is 67.2 Å². The molecule has 4 aromatic rings. The molecule has 1 aliphatic rings. The Balaban J connectivity index is 1.30. The summed E-state index contributed by atoms with van der Waals surface area (Å²) in [4.78, 5) is 34.4. The SMILES string of the molecule is Cc1ccc(NC(=O)N2CCN(Cc3c(-c4ccc([N+](=O)[O-])cc4)nc4sc(C)cn34)CC2)cc1. The molecule has 0 saturated carbocycles. The van der Waals surface area contributed by atoms with E-state index in [-0.39, 0.29) is 11.7 Å². The van der Waals surface area contributed by atoms with Crippen LogP contribution in [0.2, 0.25) is 0 Å². The molecule has 0 radical (unpaired) electrons. The number of carbonyl (C=O) groups is 1. The summed E-state index contributed by atoms with van der Waals surface area (Å²) in [7, 11) is 0. The molecule has 2 amide bonds. The summed E-state index contributed by atoms with van der Waals surface area (Å²) in [5.41, 5.74) is 4.76. The van der Waals surface area contributed by atoms with Gasteiger partial charge in [0.15, 0.2) is 4.96 Å². The third-order valence-electron chi connectivity index (χ3n) is 6.23. The number of carbonyl (C=O) groups excluding carboxylic acids is 1. The molecular weight excluding hydrogens is 464 g/mol. The summed E-state index contributed by atoms with van der Waals surface area (Å²) in [6.07, 6.45) is 2.09. The highest BCUT2D eigenvalue weighted by molar-refractivity contribution is 7.17.